The Kier molecular flexibility index (Phi) is 4.86. The summed E-state index contributed by atoms with van der Waals surface area (Å²) in [4.78, 5) is 14.4. The Hall–Kier alpha value is -2.01. The molecule has 5 nitrogen and oxygen atoms in total. The van der Waals surface area contributed by atoms with Crippen LogP contribution in [0.25, 0.3) is 0 Å². The fourth-order valence-electron chi connectivity index (χ4n) is 2.93. The third-order valence-corrected chi connectivity index (χ3v) is 4.24. The summed E-state index contributed by atoms with van der Waals surface area (Å²) >= 11 is 5.96. The van der Waals surface area contributed by atoms with Gasteiger partial charge in [0.05, 0.1) is 6.04 Å². The van der Waals surface area contributed by atoms with Gasteiger partial charge >= 0.3 is 6.03 Å². The number of rotatable bonds is 4. The second kappa shape index (κ2) is 7.04. The van der Waals surface area contributed by atoms with Crippen molar-refractivity contribution in [1.29, 1.82) is 0 Å². The van der Waals surface area contributed by atoms with Crippen LogP contribution in [0.1, 0.15) is 43.7 Å². The predicted molar refractivity (Wildman–Crippen MR) is 89.6 cm³/mol. The Bertz CT molecular complexity index is 686. The fourth-order valence-corrected chi connectivity index (χ4v) is 3.12. The van der Waals surface area contributed by atoms with Gasteiger partial charge in [0.15, 0.2) is 0 Å². The third kappa shape index (κ3) is 3.67. The minimum Gasteiger partial charge on any atom is -0.361 e. The summed E-state index contributed by atoms with van der Waals surface area (Å²) in [5, 5.41) is 7.65. The number of carbonyl (C=O) groups excluding carboxylic acids is 1. The lowest BCUT2D eigenvalue weighted by Crippen LogP contribution is -2.34. The fraction of sp³-hybridized carbons (Fsp3) is 0.412. The number of nitrogens with zero attached hydrogens (tertiary/aromatic N) is 2. The first-order chi connectivity index (χ1) is 11.2. The number of benzene rings is 1. The van der Waals surface area contributed by atoms with E-state index >= 15 is 0 Å². The van der Waals surface area contributed by atoms with Gasteiger partial charge in [0.2, 0.25) is 0 Å². The molecule has 1 aromatic carbocycles. The van der Waals surface area contributed by atoms with E-state index in [2.05, 4.69) is 17.4 Å². The van der Waals surface area contributed by atoms with Crippen LogP contribution in [-0.2, 0) is 6.42 Å². The van der Waals surface area contributed by atoms with Crippen LogP contribution in [0.4, 0.5) is 10.5 Å². The van der Waals surface area contributed by atoms with Crippen LogP contribution in [-0.4, -0.2) is 22.6 Å². The van der Waals surface area contributed by atoms with Gasteiger partial charge in [0, 0.05) is 29.7 Å². The van der Waals surface area contributed by atoms with Gasteiger partial charge in [-0.1, -0.05) is 29.7 Å². The highest BCUT2D eigenvalue weighted by atomic mass is 35.5. The van der Waals surface area contributed by atoms with Crippen LogP contribution < -0.4 is 5.32 Å². The summed E-state index contributed by atoms with van der Waals surface area (Å²) in [6.07, 6.45) is 3.75. The summed E-state index contributed by atoms with van der Waals surface area (Å²) in [6.45, 7) is 2.82. The van der Waals surface area contributed by atoms with E-state index in [1.54, 1.807) is 12.1 Å². The second-order valence-corrected chi connectivity index (χ2v) is 6.20. The van der Waals surface area contributed by atoms with Crippen molar-refractivity contribution < 1.29 is 9.32 Å². The molecule has 2 aromatic rings. The van der Waals surface area contributed by atoms with Crippen LogP contribution in [0, 0.1) is 0 Å². The van der Waals surface area contributed by atoms with E-state index < -0.39 is 0 Å². The van der Waals surface area contributed by atoms with Gasteiger partial charge in [0.1, 0.15) is 11.5 Å². The van der Waals surface area contributed by atoms with Gasteiger partial charge in [-0.25, -0.2) is 4.79 Å². The molecule has 1 atom stereocenters. The largest absolute Gasteiger partial charge is 0.361 e. The Labute approximate surface area is 140 Å². The molecular formula is C17H20ClN3O2. The molecule has 0 radical (unpaired) electrons. The molecule has 0 unspecified atom stereocenters. The van der Waals surface area contributed by atoms with Gasteiger partial charge < -0.3 is 14.7 Å². The van der Waals surface area contributed by atoms with E-state index in [9.17, 15) is 4.79 Å². The lowest BCUT2D eigenvalue weighted by molar-refractivity contribution is 0.204. The molecule has 6 heteroatoms. The number of nitrogens with one attached hydrogen (secondary N) is 1. The van der Waals surface area contributed by atoms with Crippen molar-refractivity contribution in [3.05, 3.63) is 46.8 Å². The first kappa shape index (κ1) is 15.9. The monoisotopic (exact) mass is 333 g/mol. The SMILES string of the molecule is CCCc1cc([C@H]2CCCN2C(=O)Nc2cccc(Cl)c2)no1. The van der Waals surface area contributed by atoms with Crippen molar-refractivity contribution in [3.63, 3.8) is 0 Å². The van der Waals surface area contributed by atoms with Gasteiger partial charge in [-0.15, -0.1) is 0 Å². The van der Waals surface area contributed by atoms with E-state index in [0.717, 1.165) is 37.1 Å². The molecule has 0 aliphatic carbocycles. The average Bonchev–Trinajstić information content (AvgIpc) is 3.16. The number of urea groups is 1. The van der Waals surface area contributed by atoms with Crippen molar-refractivity contribution >= 4 is 23.3 Å². The minimum absolute atomic E-state index is 0.0245. The number of hydrogen-bond donors (Lipinski definition) is 1. The van der Waals surface area contributed by atoms with Crippen LogP contribution in [0.15, 0.2) is 34.9 Å². The predicted octanol–water partition coefficient (Wildman–Crippen LogP) is 4.65. The summed E-state index contributed by atoms with van der Waals surface area (Å²) < 4.78 is 5.35. The molecule has 1 saturated heterocycles. The van der Waals surface area contributed by atoms with Gasteiger partial charge in [-0.3, -0.25) is 0 Å². The standard InChI is InChI=1S/C17H20ClN3O2/c1-2-5-14-11-15(20-23-14)16-8-4-9-21(16)17(22)19-13-7-3-6-12(18)10-13/h3,6-7,10-11,16H,2,4-5,8-9H2,1H3,(H,19,22)/t16-/m1/s1. The van der Waals surface area contributed by atoms with Crippen molar-refractivity contribution in [2.24, 2.45) is 0 Å². The zero-order chi connectivity index (χ0) is 16.2. The number of anilines is 1. The van der Waals surface area contributed by atoms with Crippen molar-refractivity contribution in [2.75, 3.05) is 11.9 Å². The van der Waals surface area contributed by atoms with Crippen LogP contribution in [0.3, 0.4) is 0 Å². The van der Waals surface area contributed by atoms with Crippen LogP contribution in [0.5, 0.6) is 0 Å². The van der Waals surface area contributed by atoms with Gasteiger partial charge in [0.25, 0.3) is 0 Å². The minimum atomic E-state index is -0.130. The highest BCUT2D eigenvalue weighted by Crippen LogP contribution is 2.32. The zero-order valence-electron chi connectivity index (χ0n) is 13.1. The van der Waals surface area contributed by atoms with E-state index in [4.69, 9.17) is 16.1 Å². The molecule has 1 N–H and O–H groups in total. The molecule has 23 heavy (non-hydrogen) atoms. The summed E-state index contributed by atoms with van der Waals surface area (Å²) in [5.41, 5.74) is 1.53. The molecule has 0 spiro atoms. The summed E-state index contributed by atoms with van der Waals surface area (Å²) in [6, 6.07) is 8.97. The van der Waals surface area contributed by atoms with E-state index in [1.165, 1.54) is 0 Å². The summed E-state index contributed by atoms with van der Waals surface area (Å²) in [7, 11) is 0. The second-order valence-electron chi connectivity index (χ2n) is 5.76. The third-order valence-electron chi connectivity index (χ3n) is 4.00. The molecule has 1 aliphatic rings. The highest BCUT2D eigenvalue weighted by Gasteiger charge is 2.32. The Morgan fingerprint density at radius 3 is 3.13 bits per heavy atom. The Morgan fingerprint density at radius 2 is 2.35 bits per heavy atom. The quantitative estimate of drug-likeness (QED) is 0.886. The number of halogens is 1. The maximum absolute atomic E-state index is 12.6. The van der Waals surface area contributed by atoms with Crippen LogP contribution in [0.2, 0.25) is 5.02 Å². The van der Waals surface area contributed by atoms with E-state index in [1.807, 2.05) is 23.1 Å². The van der Waals surface area contributed by atoms with Crippen molar-refractivity contribution in [3.8, 4) is 0 Å². The van der Waals surface area contributed by atoms with Crippen molar-refractivity contribution in [1.82, 2.24) is 10.1 Å². The molecule has 122 valence electrons. The number of amides is 2. The van der Waals surface area contributed by atoms with Crippen LogP contribution >= 0.6 is 11.6 Å². The molecule has 0 bridgehead atoms. The van der Waals surface area contributed by atoms with Gasteiger partial charge in [-0.2, -0.15) is 0 Å². The zero-order valence-corrected chi connectivity index (χ0v) is 13.8. The smallest absolute Gasteiger partial charge is 0.322 e. The lowest BCUT2D eigenvalue weighted by Gasteiger charge is -2.23. The molecule has 2 amide bonds. The molecule has 1 aromatic heterocycles. The number of aryl methyl sites for hydroxylation is 1. The molecule has 1 aliphatic heterocycles. The Morgan fingerprint density at radius 1 is 1.48 bits per heavy atom. The Balaban J connectivity index is 1.71. The maximum atomic E-state index is 12.6. The molecule has 3 rings (SSSR count). The van der Waals surface area contributed by atoms with Crippen molar-refractivity contribution in [2.45, 2.75) is 38.6 Å². The number of hydrogen-bond acceptors (Lipinski definition) is 3. The maximum Gasteiger partial charge on any atom is 0.322 e. The first-order valence-electron chi connectivity index (χ1n) is 7.96. The number of aromatic nitrogens is 1. The average molecular weight is 334 g/mol. The first-order valence-corrected chi connectivity index (χ1v) is 8.34. The molecule has 1 fully saturated rings. The molecule has 0 saturated carbocycles. The van der Waals surface area contributed by atoms with E-state index in [0.29, 0.717) is 17.3 Å². The highest BCUT2D eigenvalue weighted by molar-refractivity contribution is 6.30. The number of likely N-dealkylation sites (tertiary alicyclic amines) is 1. The molecule has 2 heterocycles. The van der Waals surface area contributed by atoms with Gasteiger partial charge in [-0.05, 0) is 37.5 Å². The topological polar surface area (TPSA) is 58.4 Å². The summed E-state index contributed by atoms with van der Waals surface area (Å²) in [5.74, 6) is 0.879. The molecular weight excluding hydrogens is 314 g/mol. The van der Waals surface area contributed by atoms with E-state index in [-0.39, 0.29) is 12.1 Å². The number of carbonyl (C=O) groups is 1. The lowest BCUT2D eigenvalue weighted by atomic mass is 10.1. The normalized spacial score (nSPS) is 17.5.